The quantitative estimate of drug-likeness (QED) is 0.896. The van der Waals surface area contributed by atoms with Crippen LogP contribution in [0.5, 0.6) is 0 Å². The molecular weight excluding hydrogens is 238 g/mol. The molecule has 0 spiro atoms. The molecule has 0 atom stereocenters. The lowest BCUT2D eigenvalue weighted by atomic mass is 10.00. The predicted molar refractivity (Wildman–Crippen MR) is 74.0 cm³/mol. The van der Waals surface area contributed by atoms with Gasteiger partial charge in [0.15, 0.2) is 0 Å². The van der Waals surface area contributed by atoms with Gasteiger partial charge in [-0.1, -0.05) is 12.2 Å². The number of allylic oxidation sites excluding steroid dienone is 1. The molecule has 0 bridgehead atoms. The molecule has 2 aromatic rings. The van der Waals surface area contributed by atoms with Crippen molar-refractivity contribution < 1.29 is 5.11 Å². The topological polar surface area (TPSA) is 50.9 Å². The Labute approximate surface area is 112 Å². The SMILES string of the molecule is CC(C)(O)c1cncc(-n2ncc3c2CCC=C3)c1. The molecule has 0 unspecified atom stereocenters. The molecule has 4 nitrogen and oxygen atoms in total. The maximum Gasteiger partial charge on any atom is 0.0856 e. The Morgan fingerprint density at radius 1 is 1.26 bits per heavy atom. The second-order valence-electron chi connectivity index (χ2n) is 5.39. The summed E-state index contributed by atoms with van der Waals surface area (Å²) in [4.78, 5) is 4.22. The second kappa shape index (κ2) is 4.31. The molecule has 2 aromatic heterocycles. The third-order valence-electron chi connectivity index (χ3n) is 3.42. The number of nitrogens with zero attached hydrogens (tertiary/aromatic N) is 3. The van der Waals surface area contributed by atoms with Crippen LogP contribution in [0.15, 0.2) is 30.7 Å². The minimum absolute atomic E-state index is 0.792. The molecule has 0 fully saturated rings. The fourth-order valence-electron chi connectivity index (χ4n) is 2.31. The summed E-state index contributed by atoms with van der Waals surface area (Å²) in [5.41, 5.74) is 3.17. The van der Waals surface area contributed by atoms with Gasteiger partial charge >= 0.3 is 0 Å². The van der Waals surface area contributed by atoms with E-state index in [1.165, 1.54) is 11.3 Å². The average molecular weight is 255 g/mol. The van der Waals surface area contributed by atoms with E-state index in [1.807, 2.05) is 16.9 Å². The summed E-state index contributed by atoms with van der Waals surface area (Å²) >= 11 is 0. The first kappa shape index (κ1) is 12.1. The summed E-state index contributed by atoms with van der Waals surface area (Å²) in [6.07, 6.45) is 11.6. The van der Waals surface area contributed by atoms with E-state index in [9.17, 15) is 5.11 Å². The zero-order valence-electron chi connectivity index (χ0n) is 11.2. The van der Waals surface area contributed by atoms with E-state index in [2.05, 4.69) is 22.2 Å². The number of hydrogen-bond acceptors (Lipinski definition) is 3. The first-order valence-corrected chi connectivity index (χ1v) is 6.47. The Morgan fingerprint density at radius 2 is 2.11 bits per heavy atom. The van der Waals surface area contributed by atoms with Crippen LogP contribution in [0.3, 0.4) is 0 Å². The van der Waals surface area contributed by atoms with Crippen LogP contribution in [-0.2, 0) is 12.0 Å². The van der Waals surface area contributed by atoms with Gasteiger partial charge in [0.25, 0.3) is 0 Å². The van der Waals surface area contributed by atoms with Crippen molar-refractivity contribution in [2.45, 2.75) is 32.3 Å². The fourth-order valence-corrected chi connectivity index (χ4v) is 2.31. The molecular formula is C15H17N3O. The monoisotopic (exact) mass is 255 g/mol. The van der Waals surface area contributed by atoms with Crippen LogP contribution >= 0.6 is 0 Å². The molecule has 0 amide bonds. The van der Waals surface area contributed by atoms with Gasteiger partial charge in [-0.05, 0) is 32.8 Å². The highest BCUT2D eigenvalue weighted by Crippen LogP contribution is 2.24. The molecule has 0 aliphatic heterocycles. The molecule has 98 valence electrons. The molecule has 1 aliphatic carbocycles. The van der Waals surface area contributed by atoms with Gasteiger partial charge in [0.05, 0.1) is 29.4 Å². The van der Waals surface area contributed by atoms with Crippen molar-refractivity contribution in [1.82, 2.24) is 14.8 Å². The molecule has 0 radical (unpaired) electrons. The predicted octanol–water partition coefficient (Wildman–Crippen LogP) is 2.45. The molecule has 4 heteroatoms. The Balaban J connectivity index is 2.08. The summed E-state index contributed by atoms with van der Waals surface area (Å²) in [6, 6.07) is 1.94. The van der Waals surface area contributed by atoms with E-state index >= 15 is 0 Å². The molecule has 0 aromatic carbocycles. The van der Waals surface area contributed by atoms with Gasteiger partial charge < -0.3 is 5.11 Å². The number of rotatable bonds is 2. The van der Waals surface area contributed by atoms with E-state index in [1.54, 1.807) is 26.2 Å². The number of aliphatic hydroxyl groups is 1. The van der Waals surface area contributed by atoms with E-state index < -0.39 is 5.60 Å². The summed E-state index contributed by atoms with van der Waals surface area (Å²) in [7, 11) is 0. The van der Waals surface area contributed by atoms with E-state index in [4.69, 9.17) is 0 Å². The number of aromatic nitrogens is 3. The summed E-state index contributed by atoms with van der Waals surface area (Å²) in [5.74, 6) is 0. The normalized spacial score (nSPS) is 14.5. The average Bonchev–Trinajstić information content (AvgIpc) is 2.82. The molecule has 2 heterocycles. The minimum atomic E-state index is -0.893. The molecule has 0 saturated carbocycles. The minimum Gasteiger partial charge on any atom is -0.386 e. The summed E-state index contributed by atoms with van der Waals surface area (Å²) < 4.78 is 1.92. The zero-order valence-corrected chi connectivity index (χ0v) is 11.2. The Kier molecular flexibility index (Phi) is 2.75. The van der Waals surface area contributed by atoms with Crippen molar-refractivity contribution in [3.63, 3.8) is 0 Å². The van der Waals surface area contributed by atoms with Gasteiger partial charge in [0.1, 0.15) is 0 Å². The fraction of sp³-hybridized carbons (Fsp3) is 0.333. The van der Waals surface area contributed by atoms with E-state index in [0.29, 0.717) is 0 Å². The maximum absolute atomic E-state index is 10.1. The number of hydrogen-bond donors (Lipinski definition) is 1. The van der Waals surface area contributed by atoms with E-state index in [-0.39, 0.29) is 0 Å². The van der Waals surface area contributed by atoms with Gasteiger partial charge in [0, 0.05) is 17.3 Å². The van der Waals surface area contributed by atoms with Crippen LogP contribution in [0.4, 0.5) is 0 Å². The van der Waals surface area contributed by atoms with Crippen molar-refractivity contribution in [1.29, 1.82) is 0 Å². The second-order valence-corrected chi connectivity index (χ2v) is 5.39. The van der Waals surface area contributed by atoms with Crippen molar-refractivity contribution in [2.75, 3.05) is 0 Å². The number of fused-ring (bicyclic) bond motifs is 1. The Hall–Kier alpha value is -1.94. The molecule has 1 N–H and O–H groups in total. The third-order valence-corrected chi connectivity index (χ3v) is 3.42. The van der Waals surface area contributed by atoms with Crippen molar-refractivity contribution in [2.24, 2.45) is 0 Å². The first-order chi connectivity index (χ1) is 9.05. The van der Waals surface area contributed by atoms with Crippen molar-refractivity contribution >= 4 is 6.08 Å². The lowest BCUT2D eigenvalue weighted by molar-refractivity contribution is 0.0782. The van der Waals surface area contributed by atoms with Crippen LogP contribution in [0.1, 0.15) is 37.1 Å². The van der Waals surface area contributed by atoms with Gasteiger partial charge in [-0.25, -0.2) is 4.68 Å². The first-order valence-electron chi connectivity index (χ1n) is 6.47. The van der Waals surface area contributed by atoms with Gasteiger partial charge in [-0.3, -0.25) is 4.98 Å². The molecule has 19 heavy (non-hydrogen) atoms. The highest BCUT2D eigenvalue weighted by molar-refractivity contribution is 5.55. The van der Waals surface area contributed by atoms with Crippen LogP contribution < -0.4 is 0 Å². The molecule has 3 rings (SSSR count). The summed E-state index contributed by atoms with van der Waals surface area (Å²) in [6.45, 7) is 3.52. The highest BCUT2D eigenvalue weighted by atomic mass is 16.3. The van der Waals surface area contributed by atoms with Gasteiger partial charge in [0.2, 0.25) is 0 Å². The Morgan fingerprint density at radius 3 is 2.89 bits per heavy atom. The van der Waals surface area contributed by atoms with Crippen LogP contribution in [0, 0.1) is 0 Å². The van der Waals surface area contributed by atoms with Crippen molar-refractivity contribution in [3.05, 3.63) is 47.6 Å². The van der Waals surface area contributed by atoms with Crippen LogP contribution in [0.25, 0.3) is 11.8 Å². The van der Waals surface area contributed by atoms with Gasteiger partial charge in [-0.2, -0.15) is 5.10 Å². The van der Waals surface area contributed by atoms with E-state index in [0.717, 1.165) is 24.1 Å². The van der Waals surface area contributed by atoms with Gasteiger partial charge in [-0.15, -0.1) is 0 Å². The summed E-state index contributed by atoms with van der Waals surface area (Å²) in [5, 5.41) is 14.5. The lowest BCUT2D eigenvalue weighted by Gasteiger charge is -2.18. The third kappa shape index (κ3) is 2.19. The van der Waals surface area contributed by atoms with Crippen molar-refractivity contribution in [3.8, 4) is 5.69 Å². The maximum atomic E-state index is 10.1. The number of pyridine rings is 1. The smallest absolute Gasteiger partial charge is 0.0856 e. The largest absolute Gasteiger partial charge is 0.386 e. The van der Waals surface area contributed by atoms with Crippen LogP contribution in [0.2, 0.25) is 0 Å². The lowest BCUT2D eigenvalue weighted by Crippen LogP contribution is -2.16. The van der Waals surface area contributed by atoms with Crippen LogP contribution in [-0.4, -0.2) is 19.9 Å². The molecule has 0 saturated heterocycles. The highest BCUT2D eigenvalue weighted by Gasteiger charge is 2.18. The standard InChI is InChI=1S/C15H17N3O/c1-15(2,19)12-7-13(10-16-9-12)18-14-6-4-3-5-11(14)8-17-18/h3,5,7-10,19H,4,6H2,1-2H3. The Bertz CT molecular complexity index is 635. The zero-order chi connectivity index (χ0) is 13.5. The molecule has 1 aliphatic rings.